The number of hydrogen-bond acceptors (Lipinski definition) is 2. The highest BCUT2D eigenvalue weighted by Gasteiger charge is 2.21. The number of carboxylic acid groups (broad SMARTS) is 1. The highest BCUT2D eigenvalue weighted by atomic mass is 19.1. The van der Waals surface area contributed by atoms with Gasteiger partial charge in [-0.3, -0.25) is 0 Å². The van der Waals surface area contributed by atoms with E-state index in [4.69, 9.17) is 5.11 Å². The van der Waals surface area contributed by atoms with Crippen molar-refractivity contribution in [2.45, 2.75) is 19.3 Å². The normalized spacial score (nSPS) is 15.1. The number of anilines is 1. The van der Waals surface area contributed by atoms with E-state index in [-0.39, 0.29) is 11.7 Å². The Kier molecular flexibility index (Phi) is 3.99. The summed E-state index contributed by atoms with van der Waals surface area (Å²) in [5.74, 6) is -2.25. The molecule has 0 aromatic heterocycles. The maximum Gasteiger partial charge on any atom is 0.340 e. The molecule has 0 aliphatic carbocycles. The molecule has 5 nitrogen and oxygen atoms in total. The highest BCUT2D eigenvalue weighted by Crippen LogP contribution is 2.20. The molecule has 0 bridgehead atoms. The number of aromatic carboxylic acids is 1. The summed E-state index contributed by atoms with van der Waals surface area (Å²) in [6, 6.07) is 3.43. The number of rotatable bonds is 2. The van der Waals surface area contributed by atoms with Gasteiger partial charge in [-0.2, -0.15) is 0 Å². The Balaban J connectivity index is 2.16. The van der Waals surface area contributed by atoms with E-state index in [1.807, 2.05) is 0 Å². The van der Waals surface area contributed by atoms with Gasteiger partial charge >= 0.3 is 12.0 Å². The Bertz CT molecular complexity index is 499. The predicted molar refractivity (Wildman–Crippen MR) is 67.8 cm³/mol. The van der Waals surface area contributed by atoms with Gasteiger partial charge < -0.3 is 15.3 Å². The summed E-state index contributed by atoms with van der Waals surface area (Å²) in [7, 11) is 0. The minimum atomic E-state index is -1.40. The fraction of sp³-hybridized carbons (Fsp3) is 0.385. The number of benzene rings is 1. The van der Waals surface area contributed by atoms with E-state index < -0.39 is 17.3 Å². The Morgan fingerprint density at radius 1 is 1.21 bits per heavy atom. The molecule has 1 heterocycles. The van der Waals surface area contributed by atoms with E-state index in [2.05, 4.69) is 5.32 Å². The standard InChI is InChI=1S/C13H15FN2O3/c14-9-5-4-6-10(11(9)12(17)18)15-13(19)16-7-2-1-3-8-16/h4-6H,1-3,7-8H2,(H,15,19)(H,17,18). The number of nitrogens with one attached hydrogen (secondary N) is 1. The average molecular weight is 266 g/mol. The fourth-order valence-corrected chi connectivity index (χ4v) is 2.14. The molecule has 1 saturated heterocycles. The first kappa shape index (κ1) is 13.3. The molecule has 1 aromatic rings. The number of urea groups is 1. The van der Waals surface area contributed by atoms with Gasteiger partial charge in [0.2, 0.25) is 0 Å². The number of carbonyl (C=O) groups excluding carboxylic acids is 1. The summed E-state index contributed by atoms with van der Waals surface area (Å²) in [5, 5.41) is 11.4. The van der Waals surface area contributed by atoms with Crippen molar-refractivity contribution in [2.75, 3.05) is 18.4 Å². The van der Waals surface area contributed by atoms with Crippen molar-refractivity contribution < 1.29 is 19.1 Å². The van der Waals surface area contributed by atoms with Gasteiger partial charge in [-0.15, -0.1) is 0 Å². The fourth-order valence-electron chi connectivity index (χ4n) is 2.14. The van der Waals surface area contributed by atoms with Crippen LogP contribution in [0, 0.1) is 5.82 Å². The third kappa shape index (κ3) is 3.01. The summed E-state index contributed by atoms with van der Waals surface area (Å²) >= 11 is 0. The van der Waals surface area contributed by atoms with E-state index in [1.165, 1.54) is 12.1 Å². The van der Waals surface area contributed by atoms with Gasteiger partial charge in [0.15, 0.2) is 0 Å². The number of carbonyl (C=O) groups is 2. The molecule has 1 aliphatic heterocycles. The molecule has 6 heteroatoms. The van der Waals surface area contributed by atoms with Crippen LogP contribution in [-0.4, -0.2) is 35.1 Å². The van der Waals surface area contributed by atoms with Crippen LogP contribution in [0.3, 0.4) is 0 Å². The van der Waals surface area contributed by atoms with Crippen LogP contribution in [0.2, 0.25) is 0 Å². The maximum absolute atomic E-state index is 13.4. The van der Waals surface area contributed by atoms with Crippen molar-refractivity contribution >= 4 is 17.7 Å². The maximum atomic E-state index is 13.4. The predicted octanol–water partition coefficient (Wildman–Crippen LogP) is 2.54. The average Bonchev–Trinajstić information content (AvgIpc) is 2.39. The van der Waals surface area contributed by atoms with Gasteiger partial charge in [0.05, 0.1) is 5.69 Å². The Labute approximate surface area is 110 Å². The monoisotopic (exact) mass is 266 g/mol. The van der Waals surface area contributed by atoms with Crippen molar-refractivity contribution in [1.29, 1.82) is 0 Å². The number of carboxylic acids is 1. The minimum absolute atomic E-state index is 0.0110. The summed E-state index contributed by atoms with van der Waals surface area (Å²) in [6.45, 7) is 1.28. The molecule has 2 rings (SSSR count). The summed E-state index contributed by atoms with van der Waals surface area (Å²) in [5.41, 5.74) is -0.518. The third-order valence-corrected chi connectivity index (χ3v) is 3.11. The van der Waals surface area contributed by atoms with E-state index in [9.17, 15) is 14.0 Å². The first-order chi connectivity index (χ1) is 9.09. The lowest BCUT2D eigenvalue weighted by Crippen LogP contribution is -2.39. The topological polar surface area (TPSA) is 69.6 Å². The van der Waals surface area contributed by atoms with E-state index >= 15 is 0 Å². The smallest absolute Gasteiger partial charge is 0.340 e. The molecule has 0 atom stereocenters. The van der Waals surface area contributed by atoms with Gasteiger partial charge in [-0.1, -0.05) is 6.07 Å². The molecule has 2 amide bonds. The van der Waals surface area contributed by atoms with Crippen molar-refractivity contribution in [3.63, 3.8) is 0 Å². The van der Waals surface area contributed by atoms with Crippen LogP contribution in [0.4, 0.5) is 14.9 Å². The molecule has 1 fully saturated rings. The molecule has 102 valence electrons. The summed E-state index contributed by atoms with van der Waals surface area (Å²) in [6.07, 6.45) is 2.95. The third-order valence-electron chi connectivity index (χ3n) is 3.11. The van der Waals surface area contributed by atoms with Gasteiger partial charge in [0.25, 0.3) is 0 Å². The molecule has 0 spiro atoms. The van der Waals surface area contributed by atoms with Crippen LogP contribution in [0.5, 0.6) is 0 Å². The van der Waals surface area contributed by atoms with Crippen LogP contribution in [-0.2, 0) is 0 Å². The van der Waals surface area contributed by atoms with Crippen molar-refractivity contribution in [3.8, 4) is 0 Å². The second-order valence-corrected chi connectivity index (χ2v) is 4.45. The van der Waals surface area contributed by atoms with Crippen LogP contribution < -0.4 is 5.32 Å². The second-order valence-electron chi connectivity index (χ2n) is 4.45. The zero-order chi connectivity index (χ0) is 13.8. The van der Waals surface area contributed by atoms with Crippen LogP contribution >= 0.6 is 0 Å². The number of piperidine rings is 1. The summed E-state index contributed by atoms with van der Waals surface area (Å²) in [4.78, 5) is 24.6. The zero-order valence-electron chi connectivity index (χ0n) is 10.4. The second kappa shape index (κ2) is 5.69. The number of amides is 2. The first-order valence-corrected chi connectivity index (χ1v) is 6.17. The minimum Gasteiger partial charge on any atom is -0.478 e. The van der Waals surface area contributed by atoms with Crippen LogP contribution in [0.25, 0.3) is 0 Å². The van der Waals surface area contributed by atoms with Gasteiger partial charge in [0.1, 0.15) is 11.4 Å². The van der Waals surface area contributed by atoms with E-state index in [1.54, 1.807) is 4.90 Å². The first-order valence-electron chi connectivity index (χ1n) is 6.17. The number of halogens is 1. The molecule has 0 saturated carbocycles. The zero-order valence-corrected chi connectivity index (χ0v) is 10.4. The van der Waals surface area contributed by atoms with Gasteiger partial charge in [-0.25, -0.2) is 14.0 Å². The lowest BCUT2D eigenvalue weighted by molar-refractivity contribution is 0.0693. The van der Waals surface area contributed by atoms with E-state index in [0.29, 0.717) is 13.1 Å². The number of nitrogens with zero attached hydrogens (tertiary/aromatic N) is 1. The van der Waals surface area contributed by atoms with Crippen molar-refractivity contribution in [1.82, 2.24) is 4.90 Å². The molecular formula is C13H15FN2O3. The van der Waals surface area contributed by atoms with Crippen LogP contribution in [0.15, 0.2) is 18.2 Å². The number of likely N-dealkylation sites (tertiary alicyclic amines) is 1. The Morgan fingerprint density at radius 3 is 2.53 bits per heavy atom. The molecule has 2 N–H and O–H groups in total. The lowest BCUT2D eigenvalue weighted by atomic mass is 10.1. The Morgan fingerprint density at radius 2 is 1.89 bits per heavy atom. The molecule has 19 heavy (non-hydrogen) atoms. The molecule has 0 unspecified atom stereocenters. The molecular weight excluding hydrogens is 251 g/mol. The molecule has 1 aliphatic rings. The highest BCUT2D eigenvalue weighted by molar-refractivity contribution is 6.00. The largest absolute Gasteiger partial charge is 0.478 e. The van der Waals surface area contributed by atoms with Crippen molar-refractivity contribution in [3.05, 3.63) is 29.6 Å². The van der Waals surface area contributed by atoms with Gasteiger partial charge in [0, 0.05) is 13.1 Å². The SMILES string of the molecule is O=C(O)c1c(F)cccc1NC(=O)N1CCCCC1. The molecule has 1 aromatic carbocycles. The Hall–Kier alpha value is -2.11. The molecule has 0 radical (unpaired) electrons. The quantitative estimate of drug-likeness (QED) is 0.864. The lowest BCUT2D eigenvalue weighted by Gasteiger charge is -2.27. The summed E-state index contributed by atoms with van der Waals surface area (Å²) < 4.78 is 13.4. The number of hydrogen-bond donors (Lipinski definition) is 2. The van der Waals surface area contributed by atoms with E-state index in [0.717, 1.165) is 25.3 Å². The van der Waals surface area contributed by atoms with Crippen LogP contribution in [0.1, 0.15) is 29.6 Å². The van der Waals surface area contributed by atoms with Crippen molar-refractivity contribution in [2.24, 2.45) is 0 Å². The van der Waals surface area contributed by atoms with Gasteiger partial charge in [-0.05, 0) is 31.4 Å².